The summed E-state index contributed by atoms with van der Waals surface area (Å²) in [5, 5.41) is 11.5. The number of carbonyl (C=O) groups excluding carboxylic acids is 3. The minimum atomic E-state index is -1.15. The summed E-state index contributed by atoms with van der Waals surface area (Å²) in [6, 6.07) is -0.749. The number of carboxylic acids is 1. The lowest BCUT2D eigenvalue weighted by atomic mass is 10.1. The van der Waals surface area contributed by atoms with Gasteiger partial charge >= 0.3 is 11.9 Å². The SMILES string of the molecule is CC/C=C/C=C/C=C/C=C/C=C/CCCC(=O)OCC(COCCC(C(=O)[O-])[N+](C)(C)C)OC(=O)CCC/C=C/C/C=C/C/C=C/CC. The molecule has 0 radical (unpaired) electrons. The van der Waals surface area contributed by atoms with Crippen molar-refractivity contribution in [1.29, 1.82) is 0 Å². The first-order valence-corrected chi connectivity index (χ1v) is 17.3. The van der Waals surface area contributed by atoms with E-state index >= 15 is 0 Å². The number of aliphatic carboxylic acids is 1. The van der Waals surface area contributed by atoms with Crippen LogP contribution in [0.15, 0.2) is 97.2 Å². The number of quaternary nitrogens is 1. The summed E-state index contributed by atoms with van der Waals surface area (Å²) in [5.74, 6) is -1.93. The maximum absolute atomic E-state index is 12.6. The number of unbranched alkanes of at least 4 members (excludes halogenated alkanes) is 2. The molecular weight excluding hydrogens is 606 g/mol. The van der Waals surface area contributed by atoms with Crippen LogP contribution in [0.5, 0.6) is 0 Å². The molecule has 0 aromatic carbocycles. The molecule has 8 nitrogen and oxygen atoms in total. The van der Waals surface area contributed by atoms with Gasteiger partial charge in [0, 0.05) is 19.3 Å². The van der Waals surface area contributed by atoms with E-state index in [1.165, 1.54) is 0 Å². The second-order valence-electron chi connectivity index (χ2n) is 12.1. The first-order chi connectivity index (χ1) is 23.1. The van der Waals surface area contributed by atoms with Crippen molar-refractivity contribution in [3.05, 3.63) is 97.2 Å². The first kappa shape index (κ1) is 44.2. The fourth-order valence-electron chi connectivity index (χ4n) is 4.18. The minimum absolute atomic E-state index is 0.00956. The minimum Gasteiger partial charge on any atom is -0.544 e. The fraction of sp³-hybridized carbons (Fsp3) is 0.525. The van der Waals surface area contributed by atoms with Gasteiger partial charge in [0.2, 0.25) is 0 Å². The van der Waals surface area contributed by atoms with E-state index in [1.54, 1.807) is 21.1 Å². The van der Waals surface area contributed by atoms with Crippen LogP contribution in [0.25, 0.3) is 0 Å². The predicted molar refractivity (Wildman–Crippen MR) is 194 cm³/mol. The number of nitrogens with zero attached hydrogens (tertiary/aromatic N) is 1. The second-order valence-corrected chi connectivity index (χ2v) is 12.1. The van der Waals surface area contributed by atoms with Crippen LogP contribution >= 0.6 is 0 Å². The van der Waals surface area contributed by atoms with Crippen molar-refractivity contribution in [2.24, 2.45) is 0 Å². The van der Waals surface area contributed by atoms with Crippen molar-refractivity contribution in [3.63, 3.8) is 0 Å². The Balaban J connectivity index is 4.71. The molecule has 268 valence electrons. The van der Waals surface area contributed by atoms with E-state index in [2.05, 4.69) is 56.4 Å². The van der Waals surface area contributed by atoms with E-state index in [0.29, 0.717) is 12.8 Å². The largest absolute Gasteiger partial charge is 0.544 e. The molecule has 0 aromatic heterocycles. The molecule has 0 bridgehead atoms. The van der Waals surface area contributed by atoms with Gasteiger partial charge in [0.25, 0.3) is 0 Å². The van der Waals surface area contributed by atoms with Crippen LogP contribution in [0, 0.1) is 0 Å². The number of likely N-dealkylation sites (N-methyl/N-ethyl adjacent to an activating group) is 1. The van der Waals surface area contributed by atoms with E-state index in [0.717, 1.165) is 38.5 Å². The smallest absolute Gasteiger partial charge is 0.306 e. The van der Waals surface area contributed by atoms with Crippen molar-refractivity contribution < 1.29 is 38.2 Å². The molecule has 2 unspecified atom stereocenters. The average Bonchev–Trinajstić information content (AvgIpc) is 3.03. The quantitative estimate of drug-likeness (QED) is 0.0289. The lowest BCUT2D eigenvalue weighted by molar-refractivity contribution is -0.889. The molecule has 0 aliphatic carbocycles. The van der Waals surface area contributed by atoms with Gasteiger partial charge in [-0.1, -0.05) is 111 Å². The average molecular weight is 668 g/mol. The van der Waals surface area contributed by atoms with Gasteiger partial charge < -0.3 is 28.6 Å². The number of carboxylic acid groups (broad SMARTS) is 1. The molecule has 0 aromatic rings. The molecule has 0 rings (SSSR count). The summed E-state index contributed by atoms with van der Waals surface area (Å²) < 4.78 is 16.9. The number of ether oxygens (including phenoxy) is 3. The third kappa shape index (κ3) is 28.5. The van der Waals surface area contributed by atoms with Crippen molar-refractivity contribution in [2.45, 2.75) is 96.6 Å². The zero-order valence-corrected chi connectivity index (χ0v) is 30.1. The van der Waals surface area contributed by atoms with E-state index in [4.69, 9.17) is 14.2 Å². The van der Waals surface area contributed by atoms with Gasteiger partial charge in [-0.2, -0.15) is 0 Å². The van der Waals surface area contributed by atoms with Crippen molar-refractivity contribution in [3.8, 4) is 0 Å². The molecule has 2 atom stereocenters. The highest BCUT2D eigenvalue weighted by Crippen LogP contribution is 2.09. The molecule has 0 heterocycles. The monoisotopic (exact) mass is 667 g/mol. The summed E-state index contributed by atoms with van der Waals surface area (Å²) in [6.07, 6.45) is 38.9. The summed E-state index contributed by atoms with van der Waals surface area (Å²) in [7, 11) is 5.33. The highest BCUT2D eigenvalue weighted by atomic mass is 16.6. The Kier molecular flexibility index (Phi) is 28.2. The van der Waals surface area contributed by atoms with Crippen molar-refractivity contribution in [2.75, 3.05) is 41.0 Å². The fourth-order valence-corrected chi connectivity index (χ4v) is 4.18. The van der Waals surface area contributed by atoms with Crippen LogP contribution in [0.4, 0.5) is 0 Å². The molecule has 8 heteroatoms. The van der Waals surface area contributed by atoms with Crippen LogP contribution in [0.1, 0.15) is 84.5 Å². The molecule has 0 amide bonds. The van der Waals surface area contributed by atoms with E-state index in [9.17, 15) is 19.5 Å². The molecule has 0 aliphatic rings. The molecule has 0 fully saturated rings. The Hall–Kier alpha value is -3.75. The highest BCUT2D eigenvalue weighted by molar-refractivity contribution is 5.70. The standard InChI is InChI=1S/C40H61NO7/c1-6-8-10-12-14-16-18-19-21-22-24-26-28-30-38(42)47-35-36(34-46-33-32-37(40(44)45)41(3,4)5)48-39(43)31-29-27-25-23-20-17-15-13-11-9-7-2/h8-12,14-19,21-25,36-37H,6-7,13,20,26-35H2,1-5H3/b10-8+,11-9+,14-12+,17-15+,18-16+,21-19+,24-22+,25-23+. The number of rotatable bonds is 28. The van der Waals surface area contributed by atoms with E-state index < -0.39 is 24.1 Å². The number of esters is 2. The predicted octanol–water partition coefficient (Wildman–Crippen LogP) is 7.06. The van der Waals surface area contributed by atoms with Gasteiger partial charge in [-0.05, 0) is 51.4 Å². The summed E-state index contributed by atoms with van der Waals surface area (Å²) in [4.78, 5) is 36.5. The molecular formula is C40H61NO7. The number of carbonyl (C=O) groups is 3. The van der Waals surface area contributed by atoms with Crippen molar-refractivity contribution in [1.82, 2.24) is 0 Å². The van der Waals surface area contributed by atoms with Gasteiger partial charge in [0.15, 0.2) is 6.10 Å². The third-order valence-electron chi connectivity index (χ3n) is 6.84. The molecule has 0 saturated carbocycles. The van der Waals surface area contributed by atoms with E-state index in [1.807, 2.05) is 54.7 Å². The lowest BCUT2D eigenvalue weighted by Gasteiger charge is -2.34. The van der Waals surface area contributed by atoms with Gasteiger partial charge in [-0.25, -0.2) is 0 Å². The third-order valence-corrected chi connectivity index (χ3v) is 6.84. The Morgan fingerprint density at radius 1 is 0.646 bits per heavy atom. The molecule has 0 N–H and O–H groups in total. The summed E-state index contributed by atoms with van der Waals surface area (Å²) in [6.45, 7) is 4.20. The van der Waals surface area contributed by atoms with Crippen LogP contribution in [0.2, 0.25) is 0 Å². The maximum atomic E-state index is 12.6. The number of allylic oxidation sites excluding steroid dienone is 16. The Morgan fingerprint density at radius 3 is 1.75 bits per heavy atom. The maximum Gasteiger partial charge on any atom is 0.306 e. The normalized spacial score (nSPS) is 14.3. The van der Waals surface area contributed by atoms with Gasteiger partial charge in [-0.3, -0.25) is 9.59 Å². The van der Waals surface area contributed by atoms with Crippen LogP contribution in [0.3, 0.4) is 0 Å². The number of hydrogen-bond donors (Lipinski definition) is 0. The topological polar surface area (TPSA) is 102 Å². The molecule has 48 heavy (non-hydrogen) atoms. The Morgan fingerprint density at radius 2 is 1.17 bits per heavy atom. The van der Waals surface area contributed by atoms with Crippen molar-refractivity contribution >= 4 is 17.9 Å². The molecule has 0 aliphatic heterocycles. The number of hydrogen-bond acceptors (Lipinski definition) is 7. The Labute approximate surface area is 290 Å². The zero-order chi connectivity index (χ0) is 35.7. The van der Waals surface area contributed by atoms with Crippen LogP contribution < -0.4 is 5.11 Å². The zero-order valence-electron chi connectivity index (χ0n) is 30.1. The lowest BCUT2D eigenvalue weighted by Crippen LogP contribution is -2.55. The van der Waals surface area contributed by atoms with Gasteiger partial charge in [0.1, 0.15) is 12.6 Å². The Bertz CT molecular complexity index is 1100. The van der Waals surface area contributed by atoms with E-state index in [-0.39, 0.29) is 49.5 Å². The van der Waals surface area contributed by atoms with Crippen LogP contribution in [-0.4, -0.2) is 75.5 Å². The second kappa shape index (κ2) is 30.6. The van der Waals surface area contributed by atoms with Gasteiger partial charge in [0.05, 0.1) is 40.3 Å². The van der Waals surface area contributed by atoms with Crippen LogP contribution in [-0.2, 0) is 28.6 Å². The van der Waals surface area contributed by atoms with Gasteiger partial charge in [-0.15, -0.1) is 0 Å². The summed E-state index contributed by atoms with van der Waals surface area (Å²) >= 11 is 0. The molecule has 0 spiro atoms. The summed E-state index contributed by atoms with van der Waals surface area (Å²) in [5.41, 5.74) is 0. The molecule has 0 saturated heterocycles. The first-order valence-electron chi connectivity index (χ1n) is 17.3. The highest BCUT2D eigenvalue weighted by Gasteiger charge is 2.25.